The van der Waals surface area contributed by atoms with Gasteiger partial charge in [-0.1, -0.05) is 19.7 Å². The second-order valence-electron chi connectivity index (χ2n) is 1.31. The van der Waals surface area contributed by atoms with Gasteiger partial charge < -0.3 is 5.73 Å². The van der Waals surface area contributed by atoms with Gasteiger partial charge in [0.15, 0.2) is 0 Å². The van der Waals surface area contributed by atoms with E-state index < -0.39 is 0 Å². The highest BCUT2D eigenvalue weighted by atomic mass is 14.5. The third-order valence-corrected chi connectivity index (χ3v) is 0.659. The van der Waals surface area contributed by atoms with Crippen LogP contribution >= 0.6 is 0 Å². The van der Waals surface area contributed by atoms with Crippen LogP contribution in [0.4, 0.5) is 0 Å². The summed E-state index contributed by atoms with van der Waals surface area (Å²) < 4.78 is 0. The maximum absolute atomic E-state index is 5.16. The highest BCUT2D eigenvalue weighted by molar-refractivity contribution is 6.35. The number of hydrogen-bond donors (Lipinski definition) is 1. The van der Waals surface area contributed by atoms with Crippen molar-refractivity contribution in [2.45, 2.75) is 19.7 Å². The van der Waals surface area contributed by atoms with Gasteiger partial charge in [-0.3, -0.25) is 0 Å². The molecule has 0 atom stereocenters. The van der Waals surface area contributed by atoms with Crippen LogP contribution in [0.5, 0.6) is 0 Å². The van der Waals surface area contributed by atoms with E-state index >= 15 is 0 Å². The van der Waals surface area contributed by atoms with E-state index in [1.54, 1.807) is 0 Å². The highest BCUT2D eigenvalue weighted by Crippen LogP contribution is 1.80. The van der Waals surface area contributed by atoms with E-state index in [0.717, 1.165) is 12.8 Å². The molecule has 0 aromatic heterocycles. The number of hydrogen-bond acceptors (Lipinski definition) is 1. The summed E-state index contributed by atoms with van der Waals surface area (Å²) >= 11 is 0. The van der Waals surface area contributed by atoms with Gasteiger partial charge in [0.05, 0.1) is 0 Å². The Kier molecular flexibility index (Phi) is 5.05. The first kappa shape index (κ1) is 6.02. The van der Waals surface area contributed by atoms with Crippen LogP contribution in [-0.2, 0) is 0 Å². The normalized spacial score (nSPS) is 8.33. The molecule has 0 aliphatic carbocycles. The molecular weight excluding hydrogens is 72.9 g/mol. The molecule has 0 unspecified atom stereocenters. The highest BCUT2D eigenvalue weighted by Gasteiger charge is 1.78. The molecule has 35 valence electrons. The van der Waals surface area contributed by atoms with Gasteiger partial charge in [-0.2, -0.15) is 0 Å². The summed E-state index contributed by atoms with van der Waals surface area (Å²) in [6.45, 7) is 2.14. The molecule has 2 heteroatoms. The predicted octanol–water partition coefficient (Wildman–Crippen LogP) is 0.435. The molecule has 0 rings (SSSR count). The molecule has 0 aliphatic heterocycles. The Morgan fingerprint density at radius 1 is 1.67 bits per heavy atom. The zero-order valence-electron chi connectivity index (χ0n) is 4.28. The first-order valence-electron chi connectivity index (χ1n) is 2.43. The molecule has 0 heterocycles. The SMILES string of the molecule is CCC[B]CN. The Labute approximate surface area is 40.2 Å². The molecule has 1 nitrogen and oxygen atoms in total. The molecule has 0 fully saturated rings. The lowest BCUT2D eigenvalue weighted by atomic mass is 9.74. The van der Waals surface area contributed by atoms with E-state index in [1.165, 1.54) is 6.42 Å². The third kappa shape index (κ3) is 4.02. The van der Waals surface area contributed by atoms with Crippen molar-refractivity contribution in [3.63, 3.8) is 0 Å². The van der Waals surface area contributed by atoms with Crippen LogP contribution in [0.15, 0.2) is 0 Å². The number of rotatable bonds is 3. The third-order valence-electron chi connectivity index (χ3n) is 0.659. The quantitative estimate of drug-likeness (QED) is 0.389. The second-order valence-corrected chi connectivity index (χ2v) is 1.31. The van der Waals surface area contributed by atoms with Crippen molar-refractivity contribution in [3.05, 3.63) is 0 Å². The van der Waals surface area contributed by atoms with Gasteiger partial charge in [0, 0.05) is 0 Å². The van der Waals surface area contributed by atoms with Crippen LogP contribution in [0.3, 0.4) is 0 Å². The summed E-state index contributed by atoms with van der Waals surface area (Å²) in [5.41, 5.74) is 5.16. The largest absolute Gasteiger partial charge is 0.338 e. The van der Waals surface area contributed by atoms with Gasteiger partial charge >= 0.3 is 0 Å². The predicted molar refractivity (Wildman–Crippen MR) is 29.9 cm³/mol. The van der Waals surface area contributed by atoms with E-state index in [4.69, 9.17) is 5.73 Å². The van der Waals surface area contributed by atoms with E-state index in [9.17, 15) is 0 Å². The van der Waals surface area contributed by atoms with Gasteiger partial charge in [-0.25, -0.2) is 0 Å². The molecule has 1 radical (unpaired) electrons. The fraction of sp³-hybridized carbons (Fsp3) is 1.00. The van der Waals surface area contributed by atoms with Gasteiger partial charge in [-0.05, 0) is 6.44 Å². The van der Waals surface area contributed by atoms with E-state index in [2.05, 4.69) is 14.2 Å². The first-order valence-corrected chi connectivity index (χ1v) is 2.43. The molecule has 0 aromatic rings. The van der Waals surface area contributed by atoms with E-state index in [-0.39, 0.29) is 0 Å². The van der Waals surface area contributed by atoms with Gasteiger partial charge in [0.1, 0.15) is 7.28 Å². The minimum atomic E-state index is 0.730. The van der Waals surface area contributed by atoms with Crippen molar-refractivity contribution >= 4 is 7.28 Å². The molecule has 6 heavy (non-hydrogen) atoms. The Morgan fingerprint density at radius 2 is 2.33 bits per heavy atom. The Morgan fingerprint density at radius 3 is 2.50 bits per heavy atom. The van der Waals surface area contributed by atoms with Crippen molar-refractivity contribution in [3.8, 4) is 0 Å². The smallest absolute Gasteiger partial charge is 0.127 e. The van der Waals surface area contributed by atoms with Gasteiger partial charge in [0.2, 0.25) is 0 Å². The average Bonchev–Trinajstić information content (AvgIpc) is 1.61. The zero-order chi connectivity index (χ0) is 4.83. The summed E-state index contributed by atoms with van der Waals surface area (Å²) in [5.74, 6) is 0. The molecular formula is C4H11BN. The van der Waals surface area contributed by atoms with Crippen LogP contribution in [0.1, 0.15) is 13.3 Å². The lowest BCUT2D eigenvalue weighted by Crippen LogP contribution is -2.07. The number of nitrogens with two attached hydrogens (primary N) is 1. The molecule has 0 bridgehead atoms. The lowest BCUT2D eigenvalue weighted by Gasteiger charge is -1.83. The van der Waals surface area contributed by atoms with Crippen LogP contribution < -0.4 is 5.73 Å². The molecule has 0 spiro atoms. The van der Waals surface area contributed by atoms with Gasteiger partial charge in [-0.15, -0.1) is 0 Å². The van der Waals surface area contributed by atoms with Crippen LogP contribution in [-0.4, -0.2) is 13.7 Å². The van der Waals surface area contributed by atoms with Crippen LogP contribution in [0.2, 0.25) is 6.32 Å². The average molecular weight is 84.0 g/mol. The maximum Gasteiger partial charge on any atom is 0.127 e. The molecule has 2 N–H and O–H groups in total. The summed E-state index contributed by atoms with van der Waals surface area (Å²) in [6.07, 6.45) is 3.11. The fourth-order valence-corrected chi connectivity index (χ4v) is 0.322. The maximum atomic E-state index is 5.16. The van der Waals surface area contributed by atoms with Crippen molar-refractivity contribution in [2.75, 3.05) is 6.44 Å². The monoisotopic (exact) mass is 84.1 g/mol. The van der Waals surface area contributed by atoms with Crippen LogP contribution in [0.25, 0.3) is 0 Å². The first-order chi connectivity index (χ1) is 2.91. The van der Waals surface area contributed by atoms with Crippen LogP contribution in [0, 0.1) is 0 Å². The fourth-order valence-electron chi connectivity index (χ4n) is 0.322. The summed E-state index contributed by atoms with van der Waals surface area (Å²) in [7, 11) is 2.08. The minimum absolute atomic E-state index is 0.730. The molecule has 0 saturated heterocycles. The zero-order valence-corrected chi connectivity index (χ0v) is 4.28. The molecule has 0 aromatic carbocycles. The van der Waals surface area contributed by atoms with Crippen molar-refractivity contribution in [1.29, 1.82) is 0 Å². The summed E-state index contributed by atoms with van der Waals surface area (Å²) in [4.78, 5) is 0. The minimum Gasteiger partial charge on any atom is -0.338 e. The molecule has 0 amide bonds. The lowest BCUT2D eigenvalue weighted by molar-refractivity contribution is 1.06. The Hall–Kier alpha value is 0.0249. The Bertz CT molecular complexity index is 19.5. The van der Waals surface area contributed by atoms with E-state index in [0.29, 0.717) is 0 Å². The van der Waals surface area contributed by atoms with Crippen molar-refractivity contribution in [1.82, 2.24) is 0 Å². The summed E-state index contributed by atoms with van der Waals surface area (Å²) in [6, 6.07) is 0. The molecule has 0 aliphatic rings. The van der Waals surface area contributed by atoms with Crippen molar-refractivity contribution < 1.29 is 0 Å². The second kappa shape index (κ2) is 5.02. The van der Waals surface area contributed by atoms with Gasteiger partial charge in [0.25, 0.3) is 0 Å². The topological polar surface area (TPSA) is 26.0 Å². The standard InChI is InChI=1S/C4H11BN/c1-2-3-5-4-6/h2-4,6H2,1H3. The Balaban J connectivity index is 2.34. The van der Waals surface area contributed by atoms with E-state index in [1.807, 2.05) is 0 Å². The van der Waals surface area contributed by atoms with Crippen molar-refractivity contribution in [2.24, 2.45) is 5.73 Å². The molecule has 0 saturated carbocycles. The summed E-state index contributed by atoms with van der Waals surface area (Å²) in [5, 5.41) is 0.